The largest absolute Gasteiger partial charge is 0.508 e. The number of hydrogen-bond donors (Lipinski definition) is 10. The van der Waals surface area contributed by atoms with Gasteiger partial charge in [-0.05, 0) is 47.7 Å². The van der Waals surface area contributed by atoms with Crippen LogP contribution < -0.4 is 5.46 Å². The van der Waals surface area contributed by atoms with Crippen LogP contribution in [-0.4, -0.2) is 63.9 Å². The number of fused-ring (bicyclic) bond motifs is 9. The first-order valence-electron chi connectivity index (χ1n) is 11.1. The number of phenolic OH excluding ortho intramolecular Hbond substituents is 10. The van der Waals surface area contributed by atoms with Crippen LogP contribution in [0.4, 0.5) is 0 Å². The zero-order valence-electron chi connectivity index (χ0n) is 18.7. The summed E-state index contributed by atoms with van der Waals surface area (Å²) in [6, 6.07) is 0. The van der Waals surface area contributed by atoms with E-state index < -0.39 is 63.1 Å². The lowest BCUT2D eigenvalue weighted by Gasteiger charge is -2.24. The van der Waals surface area contributed by atoms with Gasteiger partial charge in [-0.3, -0.25) is 0 Å². The standard InChI is InChI=1S/C24H20BNO10/c25-12-15(27)10-9(17(29)21(12)33)14-8(16(28)18(10)30)6-4-1-2-5(3-4)7(6)13(26-14)11-19(31)22(34)24(36)23(35)20(11)32/h4-5,27-36H,1-3,25H2. The van der Waals surface area contributed by atoms with Gasteiger partial charge in [0.25, 0.3) is 0 Å². The van der Waals surface area contributed by atoms with E-state index in [2.05, 4.69) is 4.98 Å². The zero-order chi connectivity index (χ0) is 26.0. The first-order valence-corrected chi connectivity index (χ1v) is 11.1. The smallest absolute Gasteiger partial charge is 0.208 e. The van der Waals surface area contributed by atoms with Gasteiger partial charge in [0.1, 0.15) is 13.6 Å². The van der Waals surface area contributed by atoms with Crippen LogP contribution in [0.1, 0.15) is 42.2 Å². The Hall–Kier alpha value is -4.61. The molecule has 2 aliphatic rings. The van der Waals surface area contributed by atoms with Gasteiger partial charge in [-0.2, -0.15) is 0 Å². The van der Waals surface area contributed by atoms with E-state index in [-0.39, 0.29) is 44.7 Å². The van der Waals surface area contributed by atoms with Crippen molar-refractivity contribution < 1.29 is 51.1 Å². The highest BCUT2D eigenvalue weighted by molar-refractivity contribution is 6.39. The van der Waals surface area contributed by atoms with E-state index in [0.29, 0.717) is 24.0 Å². The van der Waals surface area contributed by atoms with Gasteiger partial charge in [0.2, 0.25) is 17.2 Å². The summed E-state index contributed by atoms with van der Waals surface area (Å²) >= 11 is 0. The summed E-state index contributed by atoms with van der Waals surface area (Å²) in [5, 5.41) is 105. The van der Waals surface area contributed by atoms with Gasteiger partial charge in [0, 0.05) is 0 Å². The van der Waals surface area contributed by atoms with Gasteiger partial charge in [-0.25, -0.2) is 4.98 Å². The minimum atomic E-state index is -1.14. The normalized spacial score (nSPS) is 18.3. The van der Waals surface area contributed by atoms with E-state index in [1.807, 2.05) is 0 Å². The molecule has 12 heteroatoms. The Morgan fingerprint density at radius 2 is 1.03 bits per heavy atom. The average molecular weight is 493 g/mol. The lowest BCUT2D eigenvalue weighted by atomic mass is 9.83. The van der Waals surface area contributed by atoms with Crippen LogP contribution in [-0.2, 0) is 0 Å². The highest BCUT2D eigenvalue weighted by Gasteiger charge is 2.44. The Morgan fingerprint density at radius 3 is 1.64 bits per heavy atom. The highest BCUT2D eigenvalue weighted by atomic mass is 16.4. The fourth-order valence-electron chi connectivity index (χ4n) is 6.01. The van der Waals surface area contributed by atoms with E-state index in [1.165, 1.54) is 7.85 Å². The molecule has 2 aliphatic carbocycles. The molecule has 1 fully saturated rings. The number of hydrogen-bond acceptors (Lipinski definition) is 11. The number of aromatic hydroxyl groups is 10. The summed E-state index contributed by atoms with van der Waals surface area (Å²) in [5.74, 6) is -8.85. The molecular weight excluding hydrogens is 473 g/mol. The zero-order valence-corrected chi connectivity index (χ0v) is 18.7. The SMILES string of the molecule is Bc1c(O)c(O)c2c(c1O)c(O)c(O)c1c3c(c(-c4c(O)c(O)c(O)c(O)c4O)nc12)C1CCC3C1. The van der Waals surface area contributed by atoms with Crippen molar-refractivity contribution in [2.24, 2.45) is 0 Å². The Bertz CT molecular complexity index is 1670. The third-order valence-electron chi connectivity index (χ3n) is 7.72. The first kappa shape index (κ1) is 21.9. The summed E-state index contributed by atoms with van der Waals surface area (Å²) in [6.07, 6.45) is 2.05. The van der Waals surface area contributed by atoms with Crippen molar-refractivity contribution in [2.75, 3.05) is 0 Å². The number of benzene rings is 3. The van der Waals surface area contributed by atoms with Crippen LogP contribution >= 0.6 is 0 Å². The van der Waals surface area contributed by atoms with Crippen LogP contribution in [0.5, 0.6) is 57.5 Å². The molecule has 0 amide bonds. The van der Waals surface area contributed by atoms with Crippen LogP contribution in [0.2, 0.25) is 0 Å². The van der Waals surface area contributed by atoms with Gasteiger partial charge < -0.3 is 51.1 Å². The molecule has 2 bridgehead atoms. The third-order valence-corrected chi connectivity index (χ3v) is 7.72. The van der Waals surface area contributed by atoms with Crippen molar-refractivity contribution in [3.8, 4) is 68.8 Å². The van der Waals surface area contributed by atoms with Crippen LogP contribution in [0, 0.1) is 0 Å². The third kappa shape index (κ3) is 2.35. The predicted molar refractivity (Wildman–Crippen MR) is 129 cm³/mol. The molecule has 1 heterocycles. The van der Waals surface area contributed by atoms with Crippen LogP contribution in [0.25, 0.3) is 32.9 Å². The molecule has 2 unspecified atom stereocenters. The number of pyridine rings is 1. The molecule has 3 aromatic carbocycles. The monoisotopic (exact) mass is 493 g/mol. The van der Waals surface area contributed by atoms with Crippen molar-refractivity contribution in [3.63, 3.8) is 0 Å². The molecular formula is C24H20BNO10. The minimum absolute atomic E-state index is 0.0649. The Balaban J connectivity index is 1.91. The second-order valence-corrected chi connectivity index (χ2v) is 9.45. The molecule has 2 atom stereocenters. The van der Waals surface area contributed by atoms with E-state index in [9.17, 15) is 51.1 Å². The molecule has 4 aromatic rings. The van der Waals surface area contributed by atoms with Gasteiger partial charge in [0.05, 0.1) is 32.9 Å². The van der Waals surface area contributed by atoms with Crippen LogP contribution in [0.15, 0.2) is 0 Å². The second-order valence-electron chi connectivity index (χ2n) is 9.45. The quantitative estimate of drug-likeness (QED) is 0.0797. The summed E-state index contributed by atoms with van der Waals surface area (Å²) < 4.78 is 0. The van der Waals surface area contributed by atoms with Crippen molar-refractivity contribution in [1.29, 1.82) is 0 Å². The fourth-order valence-corrected chi connectivity index (χ4v) is 6.01. The molecule has 1 saturated carbocycles. The van der Waals surface area contributed by atoms with E-state index >= 15 is 0 Å². The van der Waals surface area contributed by atoms with E-state index in [0.717, 1.165) is 6.42 Å². The van der Waals surface area contributed by atoms with Crippen molar-refractivity contribution in [3.05, 3.63) is 11.1 Å². The van der Waals surface area contributed by atoms with E-state index in [4.69, 9.17) is 0 Å². The molecule has 0 radical (unpaired) electrons. The molecule has 1 aromatic heterocycles. The molecule has 0 saturated heterocycles. The first-order chi connectivity index (χ1) is 17.0. The minimum Gasteiger partial charge on any atom is -0.508 e. The number of aromatic nitrogens is 1. The predicted octanol–water partition coefficient (Wildman–Crippen LogP) is 1.73. The van der Waals surface area contributed by atoms with Crippen LogP contribution in [0.3, 0.4) is 0 Å². The fraction of sp³-hybridized carbons (Fsp3) is 0.208. The molecule has 36 heavy (non-hydrogen) atoms. The lowest BCUT2D eigenvalue weighted by Crippen LogP contribution is -2.07. The molecule has 11 nitrogen and oxygen atoms in total. The Kier molecular flexibility index (Phi) is 4.10. The summed E-state index contributed by atoms with van der Waals surface area (Å²) in [6.45, 7) is 0. The van der Waals surface area contributed by atoms with Gasteiger partial charge in [-0.1, -0.05) is 0 Å². The maximum Gasteiger partial charge on any atom is 0.208 e. The van der Waals surface area contributed by atoms with Crippen molar-refractivity contribution in [2.45, 2.75) is 31.1 Å². The maximum atomic E-state index is 11.1. The summed E-state index contributed by atoms with van der Waals surface area (Å²) in [7, 11) is 1.29. The maximum absolute atomic E-state index is 11.1. The highest BCUT2D eigenvalue weighted by Crippen LogP contribution is 2.63. The molecule has 10 N–H and O–H groups in total. The number of phenols is 10. The number of nitrogens with zero attached hydrogens (tertiary/aromatic N) is 1. The number of rotatable bonds is 1. The van der Waals surface area contributed by atoms with Crippen molar-refractivity contribution in [1.82, 2.24) is 4.98 Å². The molecule has 0 spiro atoms. The lowest BCUT2D eigenvalue weighted by molar-refractivity contribution is 0.330. The summed E-state index contributed by atoms with van der Waals surface area (Å²) in [4.78, 5) is 4.50. The van der Waals surface area contributed by atoms with E-state index in [1.54, 1.807) is 0 Å². The Morgan fingerprint density at radius 1 is 0.528 bits per heavy atom. The molecule has 0 aliphatic heterocycles. The van der Waals surface area contributed by atoms with Gasteiger partial charge in [-0.15, -0.1) is 0 Å². The summed E-state index contributed by atoms with van der Waals surface area (Å²) in [5.41, 5.74) is 0.0901. The van der Waals surface area contributed by atoms with Gasteiger partial charge in [0.15, 0.2) is 34.5 Å². The Labute approximate surface area is 202 Å². The van der Waals surface area contributed by atoms with Crippen molar-refractivity contribution >= 4 is 35.0 Å². The molecule has 184 valence electrons. The second kappa shape index (κ2) is 6.75. The average Bonchev–Trinajstić information content (AvgIpc) is 3.48. The van der Waals surface area contributed by atoms with Gasteiger partial charge >= 0.3 is 0 Å². The molecule has 6 rings (SSSR count). The topological polar surface area (TPSA) is 215 Å².